The van der Waals surface area contributed by atoms with Crippen molar-refractivity contribution < 1.29 is 4.79 Å². The highest BCUT2D eigenvalue weighted by molar-refractivity contribution is 9.10. The number of halogens is 2. The fourth-order valence-electron chi connectivity index (χ4n) is 1.67. The first-order chi connectivity index (χ1) is 10.1. The first-order valence-corrected chi connectivity index (χ1v) is 7.73. The summed E-state index contributed by atoms with van der Waals surface area (Å²) >= 11 is 9.47. The van der Waals surface area contributed by atoms with Crippen LogP contribution in [0.1, 0.15) is 23.7 Å². The molecular formula is C15H15BrClN3O. The zero-order chi connectivity index (χ0) is 15.2. The molecule has 0 aliphatic carbocycles. The highest BCUT2D eigenvalue weighted by Crippen LogP contribution is 2.21. The molecule has 0 fully saturated rings. The molecule has 0 saturated heterocycles. The molecule has 1 heterocycles. The highest BCUT2D eigenvalue weighted by atomic mass is 79.9. The van der Waals surface area contributed by atoms with Gasteiger partial charge in [0.25, 0.3) is 5.91 Å². The lowest BCUT2D eigenvalue weighted by Gasteiger charge is -2.09. The smallest absolute Gasteiger partial charge is 0.257 e. The largest absolute Gasteiger partial charge is 0.369 e. The average Bonchev–Trinajstić information content (AvgIpc) is 2.48. The number of aromatic nitrogens is 1. The van der Waals surface area contributed by atoms with E-state index in [0.29, 0.717) is 22.1 Å². The predicted octanol–water partition coefficient (Wildman–Crippen LogP) is 4.57. The number of carbonyl (C=O) groups is 1. The molecule has 1 aromatic carbocycles. The zero-order valence-electron chi connectivity index (χ0n) is 11.5. The molecule has 0 radical (unpaired) electrons. The molecule has 6 heteroatoms. The van der Waals surface area contributed by atoms with E-state index in [1.54, 1.807) is 6.07 Å². The summed E-state index contributed by atoms with van der Waals surface area (Å²) in [4.78, 5) is 16.3. The third-order valence-electron chi connectivity index (χ3n) is 2.75. The monoisotopic (exact) mass is 367 g/mol. The Bertz CT molecular complexity index is 631. The van der Waals surface area contributed by atoms with Crippen LogP contribution >= 0.6 is 27.5 Å². The van der Waals surface area contributed by atoms with Crippen molar-refractivity contribution >= 4 is 44.9 Å². The Kier molecular flexibility index (Phi) is 5.59. The van der Waals surface area contributed by atoms with Gasteiger partial charge in [-0.25, -0.2) is 4.98 Å². The number of hydrogen-bond donors (Lipinski definition) is 2. The lowest BCUT2D eigenvalue weighted by Crippen LogP contribution is -2.13. The van der Waals surface area contributed by atoms with E-state index in [0.717, 1.165) is 17.4 Å². The van der Waals surface area contributed by atoms with Crippen LogP contribution in [0.25, 0.3) is 0 Å². The fourth-order valence-corrected chi connectivity index (χ4v) is 2.17. The maximum Gasteiger partial charge on any atom is 0.257 e. The molecule has 21 heavy (non-hydrogen) atoms. The molecule has 0 aliphatic rings. The molecule has 2 aromatic rings. The Labute approximate surface area is 137 Å². The maximum atomic E-state index is 12.1. The van der Waals surface area contributed by atoms with Crippen molar-refractivity contribution in [3.63, 3.8) is 0 Å². The second-order valence-electron chi connectivity index (χ2n) is 4.44. The maximum absolute atomic E-state index is 12.1. The van der Waals surface area contributed by atoms with Crippen LogP contribution in [-0.2, 0) is 0 Å². The number of nitrogens with one attached hydrogen (secondary N) is 2. The van der Waals surface area contributed by atoms with Gasteiger partial charge in [-0.05, 0) is 36.8 Å². The van der Waals surface area contributed by atoms with Crippen LogP contribution in [0.4, 0.5) is 11.5 Å². The molecule has 0 aliphatic heterocycles. The Balaban J connectivity index is 2.08. The van der Waals surface area contributed by atoms with Crippen LogP contribution in [-0.4, -0.2) is 17.4 Å². The van der Waals surface area contributed by atoms with E-state index >= 15 is 0 Å². The number of amides is 1. The topological polar surface area (TPSA) is 54.0 Å². The Morgan fingerprint density at radius 3 is 2.67 bits per heavy atom. The third-order valence-corrected chi connectivity index (χ3v) is 3.56. The minimum atomic E-state index is -0.242. The van der Waals surface area contributed by atoms with E-state index < -0.39 is 0 Å². The van der Waals surface area contributed by atoms with Crippen LogP contribution < -0.4 is 10.6 Å². The first kappa shape index (κ1) is 15.8. The Morgan fingerprint density at radius 2 is 2.05 bits per heavy atom. The second-order valence-corrected chi connectivity index (χ2v) is 5.77. The predicted molar refractivity (Wildman–Crippen MR) is 90.1 cm³/mol. The molecule has 0 unspecified atom stereocenters. The number of nitrogens with zero attached hydrogens (tertiary/aromatic N) is 1. The quantitative estimate of drug-likeness (QED) is 0.812. The lowest BCUT2D eigenvalue weighted by atomic mass is 10.2. The number of hydrogen-bond acceptors (Lipinski definition) is 3. The lowest BCUT2D eigenvalue weighted by molar-refractivity contribution is 0.102. The molecule has 1 amide bonds. The van der Waals surface area contributed by atoms with Crippen molar-refractivity contribution in [3.05, 3.63) is 51.6 Å². The number of benzene rings is 1. The Morgan fingerprint density at radius 1 is 1.33 bits per heavy atom. The Hall–Kier alpha value is -1.59. The minimum Gasteiger partial charge on any atom is -0.369 e. The molecule has 0 atom stereocenters. The van der Waals surface area contributed by atoms with Crippen molar-refractivity contribution in [3.8, 4) is 0 Å². The summed E-state index contributed by atoms with van der Waals surface area (Å²) in [6.45, 7) is 2.85. The van der Waals surface area contributed by atoms with Gasteiger partial charge in [0, 0.05) is 22.9 Å². The first-order valence-electron chi connectivity index (χ1n) is 6.56. The normalized spacial score (nSPS) is 10.2. The average molecular weight is 369 g/mol. The molecular weight excluding hydrogens is 354 g/mol. The van der Waals surface area contributed by atoms with Crippen LogP contribution in [0, 0.1) is 0 Å². The summed E-state index contributed by atoms with van der Waals surface area (Å²) in [6.07, 6.45) is 2.49. The van der Waals surface area contributed by atoms with Crippen molar-refractivity contribution in [1.29, 1.82) is 0 Å². The third kappa shape index (κ3) is 4.44. The van der Waals surface area contributed by atoms with Gasteiger partial charge in [0.2, 0.25) is 0 Å². The molecule has 0 bridgehead atoms. The minimum absolute atomic E-state index is 0.242. The van der Waals surface area contributed by atoms with Gasteiger partial charge in [-0.1, -0.05) is 34.5 Å². The number of pyridine rings is 1. The van der Waals surface area contributed by atoms with Crippen LogP contribution in [0.2, 0.25) is 5.02 Å². The van der Waals surface area contributed by atoms with Crippen molar-refractivity contribution in [2.24, 2.45) is 0 Å². The van der Waals surface area contributed by atoms with Gasteiger partial charge in [-0.3, -0.25) is 4.79 Å². The van der Waals surface area contributed by atoms with Crippen molar-refractivity contribution in [2.45, 2.75) is 13.3 Å². The van der Waals surface area contributed by atoms with E-state index in [1.165, 1.54) is 6.20 Å². The van der Waals surface area contributed by atoms with E-state index in [9.17, 15) is 4.79 Å². The van der Waals surface area contributed by atoms with E-state index in [2.05, 4.69) is 38.5 Å². The highest BCUT2D eigenvalue weighted by Gasteiger charge is 2.10. The van der Waals surface area contributed by atoms with E-state index in [4.69, 9.17) is 11.6 Å². The van der Waals surface area contributed by atoms with Gasteiger partial charge in [0.05, 0.1) is 10.6 Å². The van der Waals surface area contributed by atoms with Crippen LogP contribution in [0.5, 0.6) is 0 Å². The van der Waals surface area contributed by atoms with Gasteiger partial charge < -0.3 is 10.6 Å². The van der Waals surface area contributed by atoms with E-state index in [-0.39, 0.29) is 5.91 Å². The summed E-state index contributed by atoms with van der Waals surface area (Å²) in [5, 5.41) is 6.34. The molecule has 1 aromatic heterocycles. The van der Waals surface area contributed by atoms with Gasteiger partial charge in [-0.2, -0.15) is 0 Å². The zero-order valence-corrected chi connectivity index (χ0v) is 13.8. The standard InChI is InChI=1S/C15H15BrClN3O/c1-2-7-18-14-13(17)8-10(9-19-14)15(21)20-12-5-3-11(16)4-6-12/h3-6,8-9H,2,7H2,1H3,(H,18,19)(H,20,21). The van der Waals surface area contributed by atoms with Crippen molar-refractivity contribution in [2.75, 3.05) is 17.2 Å². The number of carbonyl (C=O) groups excluding carboxylic acids is 1. The van der Waals surface area contributed by atoms with Gasteiger partial charge >= 0.3 is 0 Å². The van der Waals surface area contributed by atoms with Gasteiger partial charge in [0.15, 0.2) is 0 Å². The molecule has 2 rings (SSSR count). The number of rotatable bonds is 5. The van der Waals surface area contributed by atoms with Gasteiger partial charge in [0.1, 0.15) is 5.82 Å². The second kappa shape index (κ2) is 7.43. The summed E-state index contributed by atoms with van der Waals surface area (Å²) in [6, 6.07) is 8.96. The molecule has 110 valence electrons. The summed E-state index contributed by atoms with van der Waals surface area (Å²) in [7, 11) is 0. The summed E-state index contributed by atoms with van der Waals surface area (Å²) in [5.41, 5.74) is 1.14. The number of anilines is 2. The SMILES string of the molecule is CCCNc1ncc(C(=O)Nc2ccc(Br)cc2)cc1Cl. The van der Waals surface area contributed by atoms with E-state index in [1.807, 2.05) is 24.3 Å². The molecule has 0 saturated carbocycles. The van der Waals surface area contributed by atoms with Gasteiger partial charge in [-0.15, -0.1) is 0 Å². The summed E-state index contributed by atoms with van der Waals surface area (Å²) in [5.74, 6) is 0.354. The molecule has 0 spiro atoms. The summed E-state index contributed by atoms with van der Waals surface area (Å²) < 4.78 is 0.955. The molecule has 4 nitrogen and oxygen atoms in total. The molecule has 2 N–H and O–H groups in total. The van der Waals surface area contributed by atoms with Crippen molar-refractivity contribution in [1.82, 2.24) is 4.98 Å². The van der Waals surface area contributed by atoms with Crippen LogP contribution in [0.3, 0.4) is 0 Å². The van der Waals surface area contributed by atoms with Crippen LogP contribution in [0.15, 0.2) is 41.0 Å². The fraction of sp³-hybridized carbons (Fsp3) is 0.200.